The number of rotatable bonds is 7. The van der Waals surface area contributed by atoms with Crippen molar-refractivity contribution < 1.29 is 19.1 Å². The smallest absolute Gasteiger partial charge is 0.225 e. The molecule has 3 heterocycles. The molecule has 3 amide bonds. The second-order valence-corrected chi connectivity index (χ2v) is 9.33. The molecule has 170 valence electrons. The van der Waals surface area contributed by atoms with Crippen LogP contribution in [-0.4, -0.2) is 84.9 Å². The Balaban J connectivity index is 1.65. The molecular weight excluding hydrogens is 382 g/mol. The molecule has 3 unspecified atom stereocenters. The molecule has 0 spiro atoms. The zero-order chi connectivity index (χ0) is 21.5. The lowest BCUT2D eigenvalue weighted by atomic mass is 9.85. The predicted octanol–water partition coefficient (Wildman–Crippen LogP) is 2.15. The van der Waals surface area contributed by atoms with Crippen LogP contribution in [0.3, 0.4) is 0 Å². The molecule has 0 aromatic carbocycles. The Kier molecular flexibility index (Phi) is 8.54. The van der Waals surface area contributed by atoms with E-state index in [1.54, 1.807) is 0 Å². The van der Waals surface area contributed by atoms with Gasteiger partial charge in [-0.3, -0.25) is 14.4 Å². The van der Waals surface area contributed by atoms with Crippen molar-refractivity contribution in [3.8, 4) is 0 Å². The molecule has 0 aromatic heterocycles. The Morgan fingerprint density at radius 3 is 1.53 bits per heavy atom. The first kappa shape index (κ1) is 23.0. The van der Waals surface area contributed by atoms with Gasteiger partial charge in [-0.15, -0.1) is 0 Å². The summed E-state index contributed by atoms with van der Waals surface area (Å²) in [6, 6.07) is 0. The predicted molar refractivity (Wildman–Crippen MR) is 115 cm³/mol. The van der Waals surface area contributed by atoms with E-state index in [2.05, 4.69) is 0 Å². The van der Waals surface area contributed by atoms with Gasteiger partial charge in [0, 0.05) is 57.0 Å². The minimum absolute atomic E-state index is 0.105. The van der Waals surface area contributed by atoms with Crippen molar-refractivity contribution in [2.45, 2.75) is 58.8 Å². The average molecular weight is 422 g/mol. The van der Waals surface area contributed by atoms with Crippen molar-refractivity contribution in [3.63, 3.8) is 0 Å². The van der Waals surface area contributed by atoms with Crippen LogP contribution in [0.15, 0.2) is 0 Å². The van der Waals surface area contributed by atoms with E-state index in [4.69, 9.17) is 4.74 Å². The second kappa shape index (κ2) is 11.1. The van der Waals surface area contributed by atoms with Crippen LogP contribution in [0.5, 0.6) is 0 Å². The summed E-state index contributed by atoms with van der Waals surface area (Å²) >= 11 is 0. The highest BCUT2D eigenvalue weighted by molar-refractivity contribution is 5.83. The molecule has 3 rings (SSSR count). The summed E-state index contributed by atoms with van der Waals surface area (Å²) < 4.78 is 5.36. The van der Waals surface area contributed by atoms with Crippen LogP contribution in [0.2, 0.25) is 0 Å². The standard InChI is InChI=1S/C23H39N3O4/c1-18(21(27)24-10-6-7-11-24)16-20(23(29)25-8-4-3-5-9-25)17-19(2)22(28)26-12-14-30-15-13-26/h18-20H,3-17H2,1-2H3. The Labute approximate surface area is 181 Å². The van der Waals surface area contributed by atoms with Crippen LogP contribution >= 0.6 is 0 Å². The molecule has 30 heavy (non-hydrogen) atoms. The highest BCUT2D eigenvalue weighted by Crippen LogP contribution is 2.27. The summed E-state index contributed by atoms with van der Waals surface area (Å²) in [5.74, 6) is -0.283. The van der Waals surface area contributed by atoms with Gasteiger partial charge in [0.2, 0.25) is 17.7 Å². The first-order valence-electron chi connectivity index (χ1n) is 11.9. The molecule has 0 bridgehead atoms. The number of morpholine rings is 1. The van der Waals surface area contributed by atoms with Crippen molar-refractivity contribution in [2.75, 3.05) is 52.5 Å². The topological polar surface area (TPSA) is 70.2 Å². The maximum Gasteiger partial charge on any atom is 0.225 e. The maximum atomic E-state index is 13.4. The summed E-state index contributed by atoms with van der Waals surface area (Å²) in [5.41, 5.74) is 0. The molecule has 3 saturated heterocycles. The molecule has 0 aliphatic carbocycles. The normalized spacial score (nSPS) is 23.2. The van der Waals surface area contributed by atoms with Gasteiger partial charge in [0.05, 0.1) is 13.2 Å². The highest BCUT2D eigenvalue weighted by atomic mass is 16.5. The Hall–Kier alpha value is -1.63. The molecule has 7 heteroatoms. The summed E-state index contributed by atoms with van der Waals surface area (Å²) in [6.45, 7) is 9.55. The number of likely N-dealkylation sites (tertiary alicyclic amines) is 2. The van der Waals surface area contributed by atoms with Crippen LogP contribution in [0.1, 0.15) is 58.8 Å². The fraction of sp³-hybridized carbons (Fsp3) is 0.870. The largest absolute Gasteiger partial charge is 0.378 e. The molecule has 3 aliphatic heterocycles. The van der Waals surface area contributed by atoms with E-state index in [1.807, 2.05) is 28.5 Å². The van der Waals surface area contributed by atoms with Gasteiger partial charge >= 0.3 is 0 Å². The second-order valence-electron chi connectivity index (χ2n) is 9.33. The van der Waals surface area contributed by atoms with E-state index in [0.29, 0.717) is 39.1 Å². The van der Waals surface area contributed by atoms with Crippen LogP contribution in [-0.2, 0) is 19.1 Å². The van der Waals surface area contributed by atoms with E-state index in [9.17, 15) is 14.4 Å². The van der Waals surface area contributed by atoms with E-state index in [-0.39, 0.29) is 35.5 Å². The molecule has 0 saturated carbocycles. The van der Waals surface area contributed by atoms with Gasteiger partial charge in [0.1, 0.15) is 0 Å². The minimum atomic E-state index is -0.273. The fourth-order valence-corrected chi connectivity index (χ4v) is 5.07. The minimum Gasteiger partial charge on any atom is -0.378 e. The van der Waals surface area contributed by atoms with Gasteiger partial charge in [-0.05, 0) is 44.9 Å². The Morgan fingerprint density at radius 1 is 0.633 bits per heavy atom. The van der Waals surface area contributed by atoms with Gasteiger partial charge in [0.15, 0.2) is 0 Å². The number of carbonyl (C=O) groups is 3. The van der Waals surface area contributed by atoms with E-state index in [1.165, 1.54) is 6.42 Å². The molecule has 3 aliphatic rings. The molecule has 3 fully saturated rings. The third-order valence-corrected chi connectivity index (χ3v) is 6.88. The lowest BCUT2D eigenvalue weighted by molar-refractivity contribution is -0.142. The number of carbonyl (C=O) groups excluding carboxylic acids is 3. The summed E-state index contributed by atoms with van der Waals surface area (Å²) in [6.07, 6.45) is 6.45. The number of ether oxygens (including phenoxy) is 1. The zero-order valence-corrected chi connectivity index (χ0v) is 18.8. The molecule has 3 atom stereocenters. The number of hydrogen-bond donors (Lipinski definition) is 0. The first-order valence-corrected chi connectivity index (χ1v) is 11.9. The van der Waals surface area contributed by atoms with Gasteiger partial charge < -0.3 is 19.4 Å². The highest BCUT2D eigenvalue weighted by Gasteiger charge is 2.34. The van der Waals surface area contributed by atoms with Crippen molar-refractivity contribution in [1.82, 2.24) is 14.7 Å². The number of piperidine rings is 1. The molecule has 7 nitrogen and oxygen atoms in total. The first-order chi connectivity index (χ1) is 14.5. The summed E-state index contributed by atoms with van der Waals surface area (Å²) in [7, 11) is 0. The monoisotopic (exact) mass is 421 g/mol. The zero-order valence-electron chi connectivity index (χ0n) is 18.8. The quantitative estimate of drug-likeness (QED) is 0.632. The lowest BCUT2D eigenvalue weighted by Crippen LogP contribution is -2.45. The summed E-state index contributed by atoms with van der Waals surface area (Å²) in [4.78, 5) is 44.9. The SMILES string of the molecule is CC(CC(CC(C)C(=O)N1CCOCC1)C(=O)N1CCCCC1)C(=O)N1CCCC1. The third-order valence-electron chi connectivity index (χ3n) is 6.88. The van der Waals surface area contributed by atoms with Crippen molar-refractivity contribution >= 4 is 17.7 Å². The van der Waals surface area contributed by atoms with E-state index >= 15 is 0 Å². The number of hydrogen-bond acceptors (Lipinski definition) is 4. The van der Waals surface area contributed by atoms with Crippen LogP contribution in [0.25, 0.3) is 0 Å². The number of nitrogens with zero attached hydrogens (tertiary/aromatic N) is 3. The summed E-state index contributed by atoms with van der Waals surface area (Å²) in [5, 5.41) is 0. The van der Waals surface area contributed by atoms with Crippen LogP contribution in [0, 0.1) is 17.8 Å². The molecule has 0 N–H and O–H groups in total. The van der Waals surface area contributed by atoms with E-state index < -0.39 is 0 Å². The van der Waals surface area contributed by atoms with Crippen LogP contribution < -0.4 is 0 Å². The Bertz CT molecular complexity index is 593. The lowest BCUT2D eigenvalue weighted by Gasteiger charge is -2.34. The maximum absolute atomic E-state index is 13.4. The average Bonchev–Trinajstić information content (AvgIpc) is 3.33. The van der Waals surface area contributed by atoms with Crippen molar-refractivity contribution in [2.24, 2.45) is 17.8 Å². The molecular formula is C23H39N3O4. The van der Waals surface area contributed by atoms with Gasteiger partial charge in [0.25, 0.3) is 0 Å². The third kappa shape index (κ3) is 5.96. The van der Waals surface area contributed by atoms with Crippen molar-refractivity contribution in [1.29, 1.82) is 0 Å². The van der Waals surface area contributed by atoms with Gasteiger partial charge in [-0.1, -0.05) is 13.8 Å². The van der Waals surface area contributed by atoms with Gasteiger partial charge in [-0.25, -0.2) is 0 Å². The molecule has 0 aromatic rings. The van der Waals surface area contributed by atoms with Crippen molar-refractivity contribution in [3.05, 3.63) is 0 Å². The van der Waals surface area contributed by atoms with Crippen LogP contribution in [0.4, 0.5) is 0 Å². The number of amides is 3. The van der Waals surface area contributed by atoms with E-state index in [0.717, 1.165) is 51.9 Å². The Morgan fingerprint density at radius 2 is 1.03 bits per heavy atom. The van der Waals surface area contributed by atoms with Gasteiger partial charge in [-0.2, -0.15) is 0 Å². The fourth-order valence-electron chi connectivity index (χ4n) is 5.07. The molecule has 0 radical (unpaired) electrons.